The van der Waals surface area contributed by atoms with Crippen LogP contribution < -0.4 is 0 Å². The zero-order chi connectivity index (χ0) is 18.1. The largest absolute Gasteiger partial charge is 0.313 e. The predicted molar refractivity (Wildman–Crippen MR) is 105 cm³/mol. The fourth-order valence-electron chi connectivity index (χ4n) is 3.13. The molecule has 0 amide bonds. The van der Waals surface area contributed by atoms with Crippen LogP contribution >= 0.6 is 23.6 Å². The molecule has 0 saturated heterocycles. The first-order chi connectivity index (χ1) is 12.7. The van der Waals surface area contributed by atoms with Crippen LogP contribution in [-0.2, 0) is 4.18 Å². The van der Waals surface area contributed by atoms with E-state index in [1.54, 1.807) is 0 Å². The normalized spacial score (nSPS) is 15.8. The third-order valence-electron chi connectivity index (χ3n) is 4.29. The maximum absolute atomic E-state index is 6.07. The molecule has 2 aromatic carbocycles. The van der Waals surface area contributed by atoms with E-state index in [0.717, 1.165) is 34.2 Å². The average molecular weight is 385 g/mol. The quantitative estimate of drug-likeness (QED) is 0.625. The van der Waals surface area contributed by atoms with E-state index in [0.29, 0.717) is 11.6 Å². The molecule has 7 heteroatoms. The number of hydrogen-bond acceptors (Lipinski definition) is 5. The van der Waals surface area contributed by atoms with Crippen LogP contribution in [0.15, 0.2) is 53.5 Å². The van der Waals surface area contributed by atoms with Crippen molar-refractivity contribution in [3.63, 3.8) is 0 Å². The Bertz CT molecular complexity index is 968. The molecular formula is C19H17ClN4OS. The fraction of sp³-hybridized carbons (Fsp3) is 0.211. The van der Waals surface area contributed by atoms with Gasteiger partial charge in [0.05, 0.1) is 18.0 Å². The van der Waals surface area contributed by atoms with E-state index in [1.807, 2.05) is 49.6 Å². The van der Waals surface area contributed by atoms with Gasteiger partial charge in [-0.1, -0.05) is 41.9 Å². The molecule has 1 atom stereocenters. The minimum atomic E-state index is -0.248. The number of benzene rings is 2. The molecule has 132 valence electrons. The number of nitrogens with zero attached hydrogens (tertiary/aromatic N) is 4. The average Bonchev–Trinajstić information content (AvgIpc) is 2.97. The highest BCUT2D eigenvalue weighted by Crippen LogP contribution is 2.31. The van der Waals surface area contributed by atoms with Crippen LogP contribution in [0.1, 0.15) is 28.8 Å². The lowest BCUT2D eigenvalue weighted by Gasteiger charge is -2.12. The van der Waals surface area contributed by atoms with Crippen molar-refractivity contribution in [2.75, 3.05) is 12.9 Å². The SMILES string of the molecule is CSOC[C@@H]1N=C(c2ccc(Cl)cc2)c2ccccc2-n2c(C)nnc21. The molecule has 0 N–H and O–H groups in total. The Morgan fingerprint density at radius 3 is 2.65 bits per heavy atom. The summed E-state index contributed by atoms with van der Waals surface area (Å²) in [5.74, 6) is 1.61. The Morgan fingerprint density at radius 2 is 1.88 bits per heavy atom. The van der Waals surface area contributed by atoms with Gasteiger partial charge in [-0.15, -0.1) is 10.2 Å². The van der Waals surface area contributed by atoms with Crippen molar-refractivity contribution >= 4 is 29.4 Å². The molecule has 0 aliphatic carbocycles. The Balaban J connectivity index is 1.95. The molecule has 1 aromatic heterocycles. The minimum Gasteiger partial charge on any atom is -0.313 e. The summed E-state index contributed by atoms with van der Waals surface area (Å²) < 4.78 is 7.67. The summed E-state index contributed by atoms with van der Waals surface area (Å²) in [6.45, 7) is 2.37. The second-order valence-corrected chi connectivity index (χ2v) is 6.92. The molecule has 4 rings (SSSR count). The van der Waals surface area contributed by atoms with E-state index < -0.39 is 0 Å². The Hall–Kier alpha value is -2.15. The lowest BCUT2D eigenvalue weighted by atomic mass is 10.0. The number of rotatable bonds is 4. The number of hydrogen-bond donors (Lipinski definition) is 0. The fourth-order valence-corrected chi connectivity index (χ4v) is 3.52. The highest BCUT2D eigenvalue weighted by atomic mass is 35.5. The van der Waals surface area contributed by atoms with E-state index in [1.165, 1.54) is 12.0 Å². The van der Waals surface area contributed by atoms with Gasteiger partial charge in [-0.05, 0) is 37.2 Å². The van der Waals surface area contributed by atoms with Crippen molar-refractivity contribution in [1.82, 2.24) is 14.8 Å². The molecule has 0 unspecified atom stereocenters. The van der Waals surface area contributed by atoms with Crippen molar-refractivity contribution in [1.29, 1.82) is 0 Å². The molecule has 2 heterocycles. The smallest absolute Gasteiger partial charge is 0.164 e. The van der Waals surface area contributed by atoms with Gasteiger partial charge in [-0.25, -0.2) is 0 Å². The number of aryl methyl sites for hydroxylation is 1. The second-order valence-electron chi connectivity index (χ2n) is 5.91. The van der Waals surface area contributed by atoms with E-state index in [-0.39, 0.29) is 6.04 Å². The van der Waals surface area contributed by atoms with Crippen LogP contribution in [0.5, 0.6) is 0 Å². The molecule has 0 radical (unpaired) electrons. The van der Waals surface area contributed by atoms with Gasteiger partial charge < -0.3 is 4.18 Å². The van der Waals surface area contributed by atoms with E-state index in [9.17, 15) is 0 Å². The van der Waals surface area contributed by atoms with E-state index >= 15 is 0 Å². The second kappa shape index (κ2) is 7.23. The van der Waals surface area contributed by atoms with Crippen LogP contribution in [-0.4, -0.2) is 33.3 Å². The monoisotopic (exact) mass is 384 g/mol. The van der Waals surface area contributed by atoms with Gasteiger partial charge in [0, 0.05) is 22.4 Å². The molecule has 0 spiro atoms. The van der Waals surface area contributed by atoms with E-state index in [4.69, 9.17) is 20.8 Å². The van der Waals surface area contributed by atoms with Crippen molar-refractivity contribution in [2.45, 2.75) is 13.0 Å². The van der Waals surface area contributed by atoms with Crippen LogP contribution in [0.4, 0.5) is 0 Å². The third kappa shape index (κ3) is 3.05. The molecular weight excluding hydrogens is 368 g/mol. The summed E-state index contributed by atoms with van der Waals surface area (Å²) >= 11 is 7.39. The number of aliphatic imine (C=N–C) groups is 1. The third-order valence-corrected chi connectivity index (χ3v) is 4.92. The number of aromatic nitrogens is 3. The van der Waals surface area contributed by atoms with Gasteiger partial charge in [0.1, 0.15) is 11.9 Å². The summed E-state index contributed by atoms with van der Waals surface area (Å²) in [6.07, 6.45) is 1.89. The Labute approximate surface area is 161 Å². The lowest BCUT2D eigenvalue weighted by molar-refractivity contribution is 0.334. The topological polar surface area (TPSA) is 52.3 Å². The first kappa shape index (κ1) is 17.3. The van der Waals surface area contributed by atoms with Gasteiger partial charge in [0.25, 0.3) is 0 Å². The summed E-state index contributed by atoms with van der Waals surface area (Å²) in [7, 11) is 0. The van der Waals surface area contributed by atoms with Crippen molar-refractivity contribution in [2.24, 2.45) is 4.99 Å². The van der Waals surface area contributed by atoms with Crippen LogP contribution in [0.3, 0.4) is 0 Å². The molecule has 1 aliphatic heterocycles. The zero-order valence-corrected chi connectivity index (χ0v) is 16.0. The summed E-state index contributed by atoms with van der Waals surface area (Å²) in [4.78, 5) is 5.02. The van der Waals surface area contributed by atoms with Crippen LogP contribution in [0.25, 0.3) is 5.69 Å². The summed E-state index contributed by atoms with van der Waals surface area (Å²) in [5, 5.41) is 9.36. The molecule has 0 bridgehead atoms. The molecule has 0 saturated carbocycles. The highest BCUT2D eigenvalue weighted by molar-refractivity contribution is 7.93. The minimum absolute atomic E-state index is 0.248. The van der Waals surface area contributed by atoms with Crippen LogP contribution in [0.2, 0.25) is 5.02 Å². The van der Waals surface area contributed by atoms with Gasteiger partial charge in [0.2, 0.25) is 0 Å². The lowest BCUT2D eigenvalue weighted by Crippen LogP contribution is -2.10. The maximum atomic E-state index is 6.07. The Kier molecular flexibility index (Phi) is 4.80. The highest BCUT2D eigenvalue weighted by Gasteiger charge is 2.28. The van der Waals surface area contributed by atoms with Crippen LogP contribution in [0, 0.1) is 6.92 Å². The number of halogens is 1. The number of fused-ring (bicyclic) bond motifs is 3. The zero-order valence-electron chi connectivity index (χ0n) is 14.4. The van der Waals surface area contributed by atoms with Crippen molar-refractivity contribution in [3.05, 3.63) is 76.3 Å². The van der Waals surface area contributed by atoms with Gasteiger partial charge in [-0.2, -0.15) is 0 Å². The standard InChI is InChI=1S/C19H17ClN4OS/c1-12-22-23-19-16(11-25-26-2)21-18(13-7-9-14(20)10-8-13)15-5-3-4-6-17(15)24(12)19/h3-10,16H,11H2,1-2H3/t16-/m0/s1. The van der Waals surface area contributed by atoms with Crippen molar-refractivity contribution < 1.29 is 4.18 Å². The van der Waals surface area contributed by atoms with E-state index in [2.05, 4.69) is 26.9 Å². The van der Waals surface area contributed by atoms with Gasteiger partial charge >= 0.3 is 0 Å². The number of para-hydroxylation sites is 1. The first-order valence-corrected chi connectivity index (χ1v) is 9.73. The molecule has 26 heavy (non-hydrogen) atoms. The van der Waals surface area contributed by atoms with Gasteiger partial charge in [-0.3, -0.25) is 9.56 Å². The van der Waals surface area contributed by atoms with Gasteiger partial charge in [0.15, 0.2) is 5.82 Å². The van der Waals surface area contributed by atoms with Crippen molar-refractivity contribution in [3.8, 4) is 5.69 Å². The first-order valence-electron chi connectivity index (χ1n) is 8.20. The Morgan fingerprint density at radius 1 is 1.12 bits per heavy atom. The maximum Gasteiger partial charge on any atom is 0.164 e. The predicted octanol–water partition coefficient (Wildman–Crippen LogP) is 4.42. The summed E-state index contributed by atoms with van der Waals surface area (Å²) in [5.41, 5.74) is 3.96. The summed E-state index contributed by atoms with van der Waals surface area (Å²) in [6, 6.07) is 15.7. The molecule has 0 fully saturated rings. The molecule has 5 nitrogen and oxygen atoms in total. The molecule has 3 aromatic rings. The molecule has 1 aliphatic rings.